The Balaban J connectivity index is 2.28. The minimum atomic E-state index is -0.527. The lowest BCUT2D eigenvalue weighted by molar-refractivity contribution is 0.608. The summed E-state index contributed by atoms with van der Waals surface area (Å²) in [5.41, 5.74) is 2.30. The molecule has 1 aliphatic heterocycles. The number of halogens is 3. The SMILES string of the molecule is Fc1cc(Cl)c2occ(C3=CCCNC3)c2c1Cl. The van der Waals surface area contributed by atoms with Gasteiger partial charge in [-0.05, 0) is 24.6 Å². The van der Waals surface area contributed by atoms with E-state index in [0.717, 1.165) is 30.6 Å². The molecule has 1 aromatic carbocycles. The van der Waals surface area contributed by atoms with Crippen LogP contribution in [-0.4, -0.2) is 13.1 Å². The number of hydrogen-bond donors (Lipinski definition) is 1. The molecule has 0 saturated heterocycles. The van der Waals surface area contributed by atoms with Gasteiger partial charge < -0.3 is 9.73 Å². The minimum absolute atomic E-state index is 0.0598. The van der Waals surface area contributed by atoms with Crippen LogP contribution in [0.4, 0.5) is 4.39 Å². The molecule has 1 N–H and O–H groups in total. The maximum absolute atomic E-state index is 13.6. The average Bonchev–Trinajstić information content (AvgIpc) is 2.82. The molecule has 5 heteroatoms. The van der Waals surface area contributed by atoms with Crippen LogP contribution in [0.15, 0.2) is 22.8 Å². The highest BCUT2D eigenvalue weighted by Crippen LogP contribution is 2.38. The first kappa shape index (κ1) is 12.0. The zero-order valence-corrected chi connectivity index (χ0v) is 10.9. The van der Waals surface area contributed by atoms with Crippen LogP contribution in [0.2, 0.25) is 10.0 Å². The quantitative estimate of drug-likeness (QED) is 0.792. The number of fused-ring (bicyclic) bond motifs is 1. The Labute approximate surface area is 113 Å². The number of furan rings is 1. The molecule has 0 saturated carbocycles. The first-order valence-electron chi connectivity index (χ1n) is 5.63. The fourth-order valence-electron chi connectivity index (χ4n) is 2.20. The Morgan fingerprint density at radius 1 is 1.33 bits per heavy atom. The largest absolute Gasteiger partial charge is 0.462 e. The van der Waals surface area contributed by atoms with Gasteiger partial charge in [0, 0.05) is 12.1 Å². The van der Waals surface area contributed by atoms with Crippen LogP contribution >= 0.6 is 23.2 Å². The molecule has 2 aromatic rings. The summed E-state index contributed by atoms with van der Waals surface area (Å²) in [6, 6.07) is 1.17. The van der Waals surface area contributed by atoms with Crippen molar-refractivity contribution in [1.82, 2.24) is 5.32 Å². The number of benzene rings is 1. The van der Waals surface area contributed by atoms with Crippen molar-refractivity contribution in [3.63, 3.8) is 0 Å². The normalized spacial score (nSPS) is 16.1. The molecule has 0 spiro atoms. The van der Waals surface area contributed by atoms with Crippen molar-refractivity contribution >= 4 is 39.7 Å². The number of hydrogen-bond acceptors (Lipinski definition) is 2. The highest BCUT2D eigenvalue weighted by molar-refractivity contribution is 6.40. The molecule has 1 aromatic heterocycles. The van der Waals surface area contributed by atoms with Crippen molar-refractivity contribution in [2.75, 3.05) is 13.1 Å². The molecule has 18 heavy (non-hydrogen) atoms. The third kappa shape index (κ3) is 1.83. The van der Waals surface area contributed by atoms with Crippen molar-refractivity contribution < 1.29 is 8.81 Å². The molecular formula is C13H10Cl2FNO. The molecule has 0 radical (unpaired) electrons. The van der Waals surface area contributed by atoms with Crippen molar-refractivity contribution in [2.24, 2.45) is 0 Å². The first-order chi connectivity index (χ1) is 8.68. The third-order valence-corrected chi connectivity index (χ3v) is 3.71. The van der Waals surface area contributed by atoms with E-state index in [1.807, 2.05) is 0 Å². The summed E-state index contributed by atoms with van der Waals surface area (Å²) >= 11 is 12.0. The lowest BCUT2D eigenvalue weighted by Crippen LogP contribution is -2.21. The molecule has 0 bridgehead atoms. The summed E-state index contributed by atoms with van der Waals surface area (Å²) in [5, 5.41) is 4.11. The highest BCUT2D eigenvalue weighted by atomic mass is 35.5. The molecule has 0 aliphatic carbocycles. The van der Waals surface area contributed by atoms with E-state index in [9.17, 15) is 4.39 Å². The molecule has 0 amide bonds. The number of nitrogens with one attached hydrogen (secondary N) is 1. The summed E-state index contributed by atoms with van der Waals surface area (Å²) in [6.07, 6.45) is 4.62. The van der Waals surface area contributed by atoms with Gasteiger partial charge in [-0.1, -0.05) is 29.3 Å². The van der Waals surface area contributed by atoms with Gasteiger partial charge in [-0.2, -0.15) is 0 Å². The van der Waals surface area contributed by atoms with E-state index in [0.29, 0.717) is 11.0 Å². The predicted octanol–water partition coefficient (Wildman–Crippen LogP) is 4.26. The van der Waals surface area contributed by atoms with E-state index < -0.39 is 5.82 Å². The monoisotopic (exact) mass is 285 g/mol. The van der Waals surface area contributed by atoms with Gasteiger partial charge in [0.15, 0.2) is 5.58 Å². The van der Waals surface area contributed by atoms with Gasteiger partial charge in [0.05, 0.1) is 21.7 Å². The zero-order chi connectivity index (χ0) is 12.7. The molecule has 0 fully saturated rings. The Hall–Kier alpha value is -1.03. The standard InChI is InChI=1S/C13H10Cl2FNO/c14-9-4-10(16)12(15)11-8(6-18-13(9)11)7-2-1-3-17-5-7/h2,4,6,17H,1,3,5H2. The van der Waals surface area contributed by atoms with Gasteiger partial charge in [-0.25, -0.2) is 4.39 Å². The van der Waals surface area contributed by atoms with Crippen LogP contribution in [0.3, 0.4) is 0 Å². The Bertz CT molecular complexity index is 648. The van der Waals surface area contributed by atoms with E-state index in [4.69, 9.17) is 27.6 Å². The first-order valence-corrected chi connectivity index (χ1v) is 6.39. The average molecular weight is 286 g/mol. The molecule has 2 heterocycles. The fourth-order valence-corrected chi connectivity index (χ4v) is 2.67. The van der Waals surface area contributed by atoms with Crippen molar-refractivity contribution in [2.45, 2.75) is 6.42 Å². The summed E-state index contributed by atoms with van der Waals surface area (Å²) in [7, 11) is 0. The Kier molecular flexibility index (Phi) is 3.06. The molecular weight excluding hydrogens is 276 g/mol. The molecule has 94 valence electrons. The maximum atomic E-state index is 13.6. The zero-order valence-electron chi connectivity index (χ0n) is 9.40. The van der Waals surface area contributed by atoms with Gasteiger partial charge in [0.2, 0.25) is 0 Å². The van der Waals surface area contributed by atoms with Gasteiger partial charge >= 0.3 is 0 Å². The molecule has 0 unspecified atom stereocenters. The van der Waals surface area contributed by atoms with E-state index in [1.165, 1.54) is 6.07 Å². The van der Waals surface area contributed by atoms with Gasteiger partial charge in [-0.15, -0.1) is 0 Å². The molecule has 0 atom stereocenters. The molecule has 3 rings (SSSR count). The highest BCUT2D eigenvalue weighted by Gasteiger charge is 2.19. The second-order valence-corrected chi connectivity index (χ2v) is 4.99. The Morgan fingerprint density at radius 3 is 2.89 bits per heavy atom. The van der Waals surface area contributed by atoms with Crippen LogP contribution in [0.25, 0.3) is 16.5 Å². The van der Waals surface area contributed by atoms with Gasteiger partial charge in [0.1, 0.15) is 5.82 Å². The van der Waals surface area contributed by atoms with E-state index in [-0.39, 0.29) is 10.0 Å². The van der Waals surface area contributed by atoms with Crippen molar-refractivity contribution in [3.8, 4) is 0 Å². The second-order valence-electron chi connectivity index (χ2n) is 4.20. The summed E-state index contributed by atoms with van der Waals surface area (Å²) in [5.74, 6) is -0.527. The molecule has 1 aliphatic rings. The predicted molar refractivity (Wildman–Crippen MR) is 71.7 cm³/mol. The van der Waals surface area contributed by atoms with Gasteiger partial charge in [0.25, 0.3) is 0 Å². The van der Waals surface area contributed by atoms with Crippen LogP contribution in [0, 0.1) is 5.82 Å². The van der Waals surface area contributed by atoms with Gasteiger partial charge in [-0.3, -0.25) is 0 Å². The van der Waals surface area contributed by atoms with E-state index in [1.54, 1.807) is 6.26 Å². The topological polar surface area (TPSA) is 25.2 Å². The summed E-state index contributed by atoms with van der Waals surface area (Å²) in [6.45, 7) is 1.67. The van der Waals surface area contributed by atoms with Crippen LogP contribution in [-0.2, 0) is 0 Å². The summed E-state index contributed by atoms with van der Waals surface area (Å²) < 4.78 is 19.1. The van der Waals surface area contributed by atoms with Crippen molar-refractivity contribution in [1.29, 1.82) is 0 Å². The lowest BCUT2D eigenvalue weighted by Gasteiger charge is -2.13. The fraction of sp³-hybridized carbons (Fsp3) is 0.231. The number of rotatable bonds is 1. The minimum Gasteiger partial charge on any atom is -0.462 e. The van der Waals surface area contributed by atoms with E-state index >= 15 is 0 Å². The van der Waals surface area contributed by atoms with E-state index in [2.05, 4.69) is 11.4 Å². The van der Waals surface area contributed by atoms with Crippen molar-refractivity contribution in [3.05, 3.63) is 39.8 Å². The molecule has 2 nitrogen and oxygen atoms in total. The third-order valence-electron chi connectivity index (χ3n) is 3.06. The van der Waals surface area contributed by atoms with Crippen LogP contribution < -0.4 is 5.32 Å². The lowest BCUT2D eigenvalue weighted by atomic mass is 10.0. The maximum Gasteiger partial charge on any atom is 0.154 e. The Morgan fingerprint density at radius 2 is 2.17 bits per heavy atom. The van der Waals surface area contributed by atoms with Crippen LogP contribution in [0.1, 0.15) is 12.0 Å². The smallest absolute Gasteiger partial charge is 0.154 e. The second kappa shape index (κ2) is 4.57. The van der Waals surface area contributed by atoms with Crippen LogP contribution in [0.5, 0.6) is 0 Å². The summed E-state index contributed by atoms with van der Waals surface area (Å²) in [4.78, 5) is 0.